The Morgan fingerprint density at radius 1 is 1.21 bits per heavy atom. The number of aryl methyl sites for hydroxylation is 1. The average molecular weight is 606 g/mol. The Bertz CT molecular complexity index is 1720. The Hall–Kier alpha value is -4.14. The van der Waals surface area contributed by atoms with Crippen LogP contribution in [0.15, 0.2) is 36.5 Å². The van der Waals surface area contributed by atoms with Gasteiger partial charge in [-0.2, -0.15) is 23.0 Å². The van der Waals surface area contributed by atoms with Crippen LogP contribution in [-0.4, -0.2) is 65.4 Å². The number of anilines is 1. The van der Waals surface area contributed by atoms with Gasteiger partial charge in [-0.3, -0.25) is 9.59 Å². The lowest BCUT2D eigenvalue weighted by Gasteiger charge is -2.41. The molecule has 0 bridgehead atoms. The zero-order valence-corrected chi connectivity index (χ0v) is 23.4. The maximum atomic E-state index is 13.8. The lowest BCUT2D eigenvalue weighted by atomic mass is 9.77. The van der Waals surface area contributed by atoms with E-state index in [4.69, 9.17) is 9.47 Å². The van der Waals surface area contributed by atoms with Crippen molar-refractivity contribution in [1.29, 1.82) is 0 Å². The smallest absolute Gasteiger partial charge is 0.422 e. The van der Waals surface area contributed by atoms with E-state index in [2.05, 4.69) is 20.7 Å². The molecule has 0 saturated heterocycles. The molecule has 1 aliphatic carbocycles. The van der Waals surface area contributed by atoms with Crippen LogP contribution >= 0.6 is 0 Å². The van der Waals surface area contributed by atoms with Crippen LogP contribution in [0.25, 0.3) is 5.82 Å². The van der Waals surface area contributed by atoms with Crippen LogP contribution in [0.1, 0.15) is 46.4 Å². The minimum absolute atomic E-state index is 0.00295. The summed E-state index contributed by atoms with van der Waals surface area (Å²) in [6.07, 6.45) is -1.09. The predicted octanol–water partition coefficient (Wildman–Crippen LogP) is 3.00. The number of nitrogens with zero attached hydrogens (tertiary/aromatic N) is 3. The molecule has 1 saturated carbocycles. The van der Waals surface area contributed by atoms with Gasteiger partial charge in [-0.15, -0.1) is 0 Å². The van der Waals surface area contributed by atoms with Gasteiger partial charge in [0.1, 0.15) is 17.1 Å². The molecule has 6 rings (SSSR count). The van der Waals surface area contributed by atoms with E-state index in [1.54, 1.807) is 24.4 Å². The van der Waals surface area contributed by atoms with Gasteiger partial charge in [0.25, 0.3) is 5.91 Å². The standard InChI is InChI=1S/C27H26F3N5O6S/c1-15-3-6-20(31-13-15)35-22(32-24(37)26(7-8-26)42(2,38)39)21-18(34-35)12-25(33-23(21)36)9-10-40-19-11-16(4-5-17(19)25)41-14-27(28,29)30/h3-6,11,13H,7-10,12,14H2,1-2H3,(H,32,37)(H,33,36)/t25-/m0/s1. The Labute approximate surface area is 238 Å². The highest BCUT2D eigenvalue weighted by molar-refractivity contribution is 7.93. The molecule has 2 aliphatic heterocycles. The molecule has 4 heterocycles. The summed E-state index contributed by atoms with van der Waals surface area (Å²) in [7, 11) is -3.73. The molecule has 1 spiro atoms. The number of nitrogens with one attached hydrogen (secondary N) is 2. The molecule has 11 nitrogen and oxygen atoms in total. The minimum Gasteiger partial charge on any atom is -0.493 e. The lowest BCUT2D eigenvalue weighted by molar-refractivity contribution is -0.153. The minimum atomic E-state index is -4.51. The van der Waals surface area contributed by atoms with Crippen LogP contribution < -0.4 is 20.1 Å². The zero-order valence-electron chi connectivity index (χ0n) is 22.5. The summed E-state index contributed by atoms with van der Waals surface area (Å²) in [5.74, 6) is -0.796. The number of aromatic nitrogens is 3. The molecule has 3 aliphatic rings. The SMILES string of the molecule is Cc1ccc(-n2nc3c(c2NC(=O)C2(S(C)(=O)=O)CC2)C(=O)N[C@@]2(CCOc4cc(OCC(F)(F)F)ccc42)C3)nc1. The van der Waals surface area contributed by atoms with Crippen LogP contribution in [0.2, 0.25) is 0 Å². The highest BCUT2D eigenvalue weighted by Gasteiger charge is 2.59. The number of fused-ring (bicyclic) bond motifs is 3. The predicted molar refractivity (Wildman–Crippen MR) is 142 cm³/mol. The quantitative estimate of drug-likeness (QED) is 0.437. The molecule has 1 atom stereocenters. The number of ether oxygens (including phenoxy) is 2. The monoisotopic (exact) mass is 605 g/mol. The Balaban J connectivity index is 1.40. The maximum absolute atomic E-state index is 13.8. The van der Waals surface area contributed by atoms with E-state index in [9.17, 15) is 31.2 Å². The van der Waals surface area contributed by atoms with Gasteiger partial charge in [0, 0.05) is 36.9 Å². The number of hydrogen-bond acceptors (Lipinski definition) is 8. The number of hydrogen-bond donors (Lipinski definition) is 2. The summed E-state index contributed by atoms with van der Waals surface area (Å²) in [5, 5.41) is 10.3. The number of benzene rings is 1. The van der Waals surface area contributed by atoms with E-state index in [0.717, 1.165) is 11.8 Å². The van der Waals surface area contributed by atoms with Crippen molar-refractivity contribution in [3.05, 3.63) is 58.9 Å². The van der Waals surface area contributed by atoms with Gasteiger partial charge in [0.15, 0.2) is 32.8 Å². The van der Waals surface area contributed by atoms with Gasteiger partial charge in [-0.05, 0) is 43.5 Å². The van der Waals surface area contributed by atoms with Crippen molar-refractivity contribution >= 4 is 27.5 Å². The second-order valence-electron chi connectivity index (χ2n) is 10.9. The van der Waals surface area contributed by atoms with Gasteiger partial charge in [-0.1, -0.05) is 6.07 Å². The first-order valence-corrected chi connectivity index (χ1v) is 15.0. The number of pyridine rings is 1. The van der Waals surface area contributed by atoms with E-state index in [1.807, 2.05) is 6.92 Å². The number of carbonyl (C=O) groups excluding carboxylic acids is 2. The molecule has 0 radical (unpaired) electrons. The number of carbonyl (C=O) groups is 2. The van der Waals surface area contributed by atoms with Gasteiger partial charge in [0.05, 0.1) is 17.8 Å². The van der Waals surface area contributed by atoms with Crippen LogP contribution in [0, 0.1) is 6.92 Å². The van der Waals surface area contributed by atoms with Crippen molar-refractivity contribution in [3.8, 4) is 17.3 Å². The van der Waals surface area contributed by atoms with Crippen LogP contribution in [0.3, 0.4) is 0 Å². The van der Waals surface area contributed by atoms with Crippen molar-refractivity contribution < 1.29 is 40.7 Å². The van der Waals surface area contributed by atoms with E-state index in [1.165, 1.54) is 16.8 Å². The zero-order chi connectivity index (χ0) is 30.1. The summed E-state index contributed by atoms with van der Waals surface area (Å²) in [6, 6.07) is 7.72. The van der Waals surface area contributed by atoms with Gasteiger partial charge in [0.2, 0.25) is 5.91 Å². The molecule has 42 heavy (non-hydrogen) atoms. The van der Waals surface area contributed by atoms with Gasteiger partial charge < -0.3 is 20.1 Å². The molecule has 15 heteroatoms. The second-order valence-corrected chi connectivity index (χ2v) is 13.2. The Kier molecular flexibility index (Phi) is 6.29. The number of rotatable bonds is 6. The largest absolute Gasteiger partial charge is 0.493 e. The first-order chi connectivity index (χ1) is 19.7. The maximum Gasteiger partial charge on any atom is 0.422 e. The lowest BCUT2D eigenvalue weighted by Crippen LogP contribution is -2.53. The number of halogens is 3. The molecule has 1 aromatic carbocycles. The van der Waals surface area contributed by atoms with Crippen LogP contribution in [0.5, 0.6) is 11.5 Å². The van der Waals surface area contributed by atoms with E-state index in [0.29, 0.717) is 23.5 Å². The normalized spacial score (nSPS) is 20.6. The second kappa shape index (κ2) is 9.44. The molecule has 0 unspecified atom stereocenters. The summed E-state index contributed by atoms with van der Waals surface area (Å²) in [4.78, 5) is 31.4. The molecular formula is C27H26F3N5O6S. The molecule has 2 amide bonds. The third-order valence-electron chi connectivity index (χ3n) is 7.84. The van der Waals surface area contributed by atoms with Crippen molar-refractivity contribution in [1.82, 2.24) is 20.1 Å². The Morgan fingerprint density at radius 3 is 2.62 bits per heavy atom. The number of amides is 2. The van der Waals surface area contributed by atoms with Crippen molar-refractivity contribution in [3.63, 3.8) is 0 Å². The Morgan fingerprint density at radius 2 is 1.98 bits per heavy atom. The van der Waals surface area contributed by atoms with Crippen molar-refractivity contribution in [2.75, 3.05) is 24.8 Å². The summed E-state index contributed by atoms with van der Waals surface area (Å²) in [6.45, 7) is 0.540. The fourth-order valence-electron chi connectivity index (χ4n) is 5.46. The molecule has 3 aromatic rings. The fourth-order valence-corrected chi connectivity index (χ4v) is 6.69. The summed E-state index contributed by atoms with van der Waals surface area (Å²) in [5.41, 5.74) is 0.787. The average Bonchev–Trinajstić information content (AvgIpc) is 3.66. The number of sulfone groups is 1. The summed E-state index contributed by atoms with van der Waals surface area (Å²) < 4.78 is 73.1. The molecule has 222 valence electrons. The fraction of sp³-hybridized carbons (Fsp3) is 0.407. The molecule has 2 N–H and O–H groups in total. The number of alkyl halides is 3. The van der Waals surface area contributed by atoms with E-state index < -0.39 is 44.7 Å². The third-order valence-corrected chi connectivity index (χ3v) is 9.85. The van der Waals surface area contributed by atoms with E-state index in [-0.39, 0.29) is 48.7 Å². The highest BCUT2D eigenvalue weighted by Crippen LogP contribution is 2.46. The van der Waals surface area contributed by atoms with Gasteiger partial charge in [-0.25, -0.2) is 13.4 Å². The van der Waals surface area contributed by atoms with Crippen LogP contribution in [0.4, 0.5) is 19.0 Å². The van der Waals surface area contributed by atoms with Gasteiger partial charge >= 0.3 is 6.18 Å². The molecular weight excluding hydrogens is 579 g/mol. The first kappa shape index (κ1) is 28.0. The van der Waals surface area contributed by atoms with Crippen molar-refractivity contribution in [2.45, 2.75) is 49.1 Å². The molecule has 1 fully saturated rings. The third kappa shape index (κ3) is 4.74. The van der Waals surface area contributed by atoms with Crippen molar-refractivity contribution in [2.24, 2.45) is 0 Å². The summed E-state index contributed by atoms with van der Waals surface area (Å²) >= 11 is 0. The topological polar surface area (TPSA) is 142 Å². The first-order valence-electron chi connectivity index (χ1n) is 13.1. The van der Waals surface area contributed by atoms with E-state index >= 15 is 0 Å². The highest BCUT2D eigenvalue weighted by atomic mass is 32.2. The van der Waals surface area contributed by atoms with Crippen LogP contribution in [-0.2, 0) is 26.6 Å². The molecule has 2 aromatic heterocycles.